The summed E-state index contributed by atoms with van der Waals surface area (Å²) in [4.78, 5) is 22.1. The minimum Gasteiger partial charge on any atom is -0.481 e. The first kappa shape index (κ1) is 14.2. The lowest BCUT2D eigenvalue weighted by molar-refractivity contribution is -0.145. The van der Waals surface area contributed by atoms with E-state index in [9.17, 15) is 9.59 Å². The normalized spacial score (nSPS) is 24.3. The Balaban J connectivity index is 2.68. The van der Waals surface area contributed by atoms with Gasteiger partial charge in [-0.05, 0) is 19.4 Å². The van der Waals surface area contributed by atoms with Crippen LogP contribution in [0.2, 0.25) is 0 Å². The summed E-state index contributed by atoms with van der Waals surface area (Å²) >= 11 is 0. The van der Waals surface area contributed by atoms with Crippen molar-refractivity contribution >= 4 is 11.9 Å². The zero-order valence-electron chi connectivity index (χ0n) is 10.6. The van der Waals surface area contributed by atoms with Gasteiger partial charge in [-0.1, -0.05) is 31.2 Å². The van der Waals surface area contributed by atoms with E-state index in [0.29, 0.717) is 5.57 Å². The molecule has 1 aliphatic rings. The Morgan fingerprint density at radius 2 is 2.22 bits per heavy atom. The molecule has 98 valence electrons. The Labute approximate surface area is 107 Å². The van der Waals surface area contributed by atoms with Crippen molar-refractivity contribution in [3.63, 3.8) is 0 Å². The fourth-order valence-electron chi connectivity index (χ4n) is 1.71. The molecule has 2 atom stereocenters. The van der Waals surface area contributed by atoms with Crippen molar-refractivity contribution in [3.05, 3.63) is 36.0 Å². The Hall–Kier alpha value is -1.84. The molecule has 2 unspecified atom stereocenters. The number of cyclic esters (lactones) is 1. The van der Waals surface area contributed by atoms with Gasteiger partial charge in [-0.3, -0.25) is 4.79 Å². The van der Waals surface area contributed by atoms with Gasteiger partial charge in [0.2, 0.25) is 0 Å². The first-order chi connectivity index (χ1) is 8.54. The van der Waals surface area contributed by atoms with Gasteiger partial charge in [0, 0.05) is 17.9 Å². The van der Waals surface area contributed by atoms with Crippen LogP contribution in [0.3, 0.4) is 0 Å². The zero-order chi connectivity index (χ0) is 13.5. The first-order valence-electron chi connectivity index (χ1n) is 5.97. The van der Waals surface area contributed by atoms with Crippen LogP contribution in [-0.4, -0.2) is 23.1 Å². The predicted octanol–water partition coefficient (Wildman–Crippen LogP) is 2.47. The number of allylic oxidation sites excluding steroid dienone is 3. The first-order valence-corrected chi connectivity index (χ1v) is 5.97. The molecule has 0 aliphatic carbocycles. The number of rotatable bonds is 5. The number of carbonyl (C=O) groups is 2. The average Bonchev–Trinajstić information content (AvgIpc) is 2.31. The van der Waals surface area contributed by atoms with Gasteiger partial charge in [0.25, 0.3) is 0 Å². The molecule has 0 spiro atoms. The molecule has 0 aromatic carbocycles. The third-order valence-electron chi connectivity index (χ3n) is 2.70. The maximum Gasteiger partial charge on any atom is 0.334 e. The number of aliphatic carboxylic acids is 1. The molecule has 1 heterocycles. The standard InChI is InChI=1S/C14H18O4/c1-3-4-5-6-12-10(2)9-11(14(17)18-12)7-8-13(15)16/h3-6,9-10,12H,7-8H2,1-2H3,(H,15,16). The molecule has 0 amide bonds. The summed E-state index contributed by atoms with van der Waals surface area (Å²) in [7, 11) is 0. The van der Waals surface area contributed by atoms with E-state index in [-0.39, 0.29) is 24.9 Å². The summed E-state index contributed by atoms with van der Waals surface area (Å²) in [6, 6.07) is 0. The van der Waals surface area contributed by atoms with Gasteiger partial charge in [0.1, 0.15) is 6.10 Å². The third-order valence-corrected chi connectivity index (χ3v) is 2.70. The van der Waals surface area contributed by atoms with Crippen LogP contribution in [0, 0.1) is 5.92 Å². The zero-order valence-corrected chi connectivity index (χ0v) is 10.6. The van der Waals surface area contributed by atoms with Crippen molar-refractivity contribution in [3.8, 4) is 0 Å². The lowest BCUT2D eigenvalue weighted by Crippen LogP contribution is -2.28. The number of hydrogen-bond acceptors (Lipinski definition) is 3. The highest BCUT2D eigenvalue weighted by Gasteiger charge is 2.26. The highest BCUT2D eigenvalue weighted by molar-refractivity contribution is 5.90. The second-order valence-electron chi connectivity index (χ2n) is 4.23. The molecule has 0 radical (unpaired) electrons. The van der Waals surface area contributed by atoms with Gasteiger partial charge in [0.15, 0.2) is 0 Å². The molecular formula is C14H18O4. The van der Waals surface area contributed by atoms with E-state index < -0.39 is 11.9 Å². The number of carboxylic acid groups (broad SMARTS) is 1. The van der Waals surface area contributed by atoms with E-state index in [0.717, 1.165) is 0 Å². The summed E-state index contributed by atoms with van der Waals surface area (Å²) in [5, 5.41) is 8.59. The van der Waals surface area contributed by atoms with Gasteiger partial charge >= 0.3 is 11.9 Å². The molecule has 1 rings (SSSR count). The minimum absolute atomic E-state index is 0.0489. The molecule has 4 heteroatoms. The van der Waals surface area contributed by atoms with E-state index >= 15 is 0 Å². The van der Waals surface area contributed by atoms with E-state index in [1.807, 2.05) is 38.2 Å². The second kappa shape index (κ2) is 6.79. The van der Waals surface area contributed by atoms with Gasteiger partial charge in [-0.2, -0.15) is 0 Å². The number of carboxylic acids is 1. The Morgan fingerprint density at radius 3 is 2.83 bits per heavy atom. The summed E-state index contributed by atoms with van der Waals surface area (Å²) in [5.74, 6) is -1.26. The van der Waals surface area contributed by atoms with Gasteiger partial charge in [0.05, 0.1) is 0 Å². The topological polar surface area (TPSA) is 63.6 Å². The van der Waals surface area contributed by atoms with Crippen molar-refractivity contribution in [2.45, 2.75) is 32.8 Å². The van der Waals surface area contributed by atoms with Crippen LogP contribution in [0.25, 0.3) is 0 Å². The molecule has 1 N–H and O–H groups in total. The van der Waals surface area contributed by atoms with Crippen LogP contribution in [0.4, 0.5) is 0 Å². The van der Waals surface area contributed by atoms with E-state index in [2.05, 4.69) is 0 Å². The Morgan fingerprint density at radius 1 is 1.50 bits per heavy atom. The van der Waals surface area contributed by atoms with Crippen LogP contribution in [-0.2, 0) is 14.3 Å². The summed E-state index contributed by atoms with van der Waals surface area (Å²) in [6.45, 7) is 3.85. The Bertz CT molecular complexity index is 404. The fourth-order valence-corrected chi connectivity index (χ4v) is 1.71. The summed E-state index contributed by atoms with van der Waals surface area (Å²) < 4.78 is 5.27. The lowest BCUT2D eigenvalue weighted by Gasteiger charge is -2.25. The molecule has 0 bridgehead atoms. The van der Waals surface area contributed by atoms with Crippen LogP contribution in [0.15, 0.2) is 36.0 Å². The molecule has 1 aliphatic heterocycles. The molecule has 0 saturated heterocycles. The van der Waals surface area contributed by atoms with E-state index in [4.69, 9.17) is 9.84 Å². The molecule has 4 nitrogen and oxygen atoms in total. The molecule has 0 aromatic heterocycles. The average molecular weight is 250 g/mol. The highest BCUT2D eigenvalue weighted by Crippen LogP contribution is 2.23. The quantitative estimate of drug-likeness (QED) is 0.601. The SMILES string of the molecule is CC=CC=CC1OC(=O)C(CCC(=O)O)=CC1C. The van der Waals surface area contributed by atoms with Gasteiger partial charge < -0.3 is 9.84 Å². The molecular weight excluding hydrogens is 232 g/mol. The fraction of sp³-hybridized carbons (Fsp3) is 0.429. The highest BCUT2D eigenvalue weighted by atomic mass is 16.5. The van der Waals surface area contributed by atoms with Crippen molar-refractivity contribution in [1.29, 1.82) is 0 Å². The number of esters is 1. The van der Waals surface area contributed by atoms with Gasteiger partial charge in [-0.15, -0.1) is 0 Å². The van der Waals surface area contributed by atoms with E-state index in [1.54, 1.807) is 6.08 Å². The number of hydrogen-bond donors (Lipinski definition) is 1. The van der Waals surface area contributed by atoms with Crippen LogP contribution < -0.4 is 0 Å². The van der Waals surface area contributed by atoms with Crippen molar-refractivity contribution < 1.29 is 19.4 Å². The molecule has 18 heavy (non-hydrogen) atoms. The summed E-state index contributed by atoms with van der Waals surface area (Å²) in [6.07, 6.45) is 9.12. The van der Waals surface area contributed by atoms with Crippen molar-refractivity contribution in [1.82, 2.24) is 0 Å². The van der Waals surface area contributed by atoms with Crippen LogP contribution in [0.1, 0.15) is 26.7 Å². The molecule has 0 fully saturated rings. The minimum atomic E-state index is -0.911. The maximum atomic E-state index is 11.7. The number of ether oxygens (including phenoxy) is 1. The third kappa shape index (κ3) is 4.20. The second-order valence-corrected chi connectivity index (χ2v) is 4.23. The maximum absolute atomic E-state index is 11.7. The van der Waals surface area contributed by atoms with Crippen LogP contribution >= 0.6 is 0 Å². The smallest absolute Gasteiger partial charge is 0.334 e. The Kier molecular flexibility index (Phi) is 5.36. The van der Waals surface area contributed by atoms with E-state index in [1.165, 1.54) is 0 Å². The van der Waals surface area contributed by atoms with Crippen molar-refractivity contribution in [2.75, 3.05) is 0 Å². The largest absolute Gasteiger partial charge is 0.481 e. The summed E-state index contributed by atoms with van der Waals surface area (Å²) in [5.41, 5.74) is 0.459. The number of carbonyl (C=O) groups excluding carboxylic acids is 1. The predicted molar refractivity (Wildman–Crippen MR) is 68.0 cm³/mol. The molecule has 0 saturated carbocycles. The van der Waals surface area contributed by atoms with Crippen molar-refractivity contribution in [2.24, 2.45) is 5.92 Å². The monoisotopic (exact) mass is 250 g/mol. The van der Waals surface area contributed by atoms with Gasteiger partial charge in [-0.25, -0.2) is 4.79 Å². The van der Waals surface area contributed by atoms with Crippen LogP contribution in [0.5, 0.6) is 0 Å². The molecule has 0 aromatic rings. The lowest BCUT2D eigenvalue weighted by atomic mass is 9.95.